The summed E-state index contributed by atoms with van der Waals surface area (Å²) in [5.41, 5.74) is 0.503. The largest absolute Gasteiger partial charge is 0.486 e. The molecule has 1 heterocycles. The van der Waals surface area contributed by atoms with Crippen LogP contribution in [-0.4, -0.2) is 11.4 Å². The van der Waals surface area contributed by atoms with Crippen molar-refractivity contribution in [1.82, 2.24) is 0 Å². The smallest absolute Gasteiger partial charge is 0.170 e. The van der Waals surface area contributed by atoms with Gasteiger partial charge in [0.15, 0.2) is 5.78 Å². The maximum Gasteiger partial charge on any atom is 0.170 e. The second-order valence-corrected chi connectivity index (χ2v) is 6.12. The minimum Gasteiger partial charge on any atom is -0.486 e. The number of halogens is 1. The summed E-state index contributed by atoms with van der Waals surface area (Å²) in [5.74, 6) is 1.45. The Kier molecular flexibility index (Phi) is 2.54. The lowest BCUT2D eigenvalue weighted by Gasteiger charge is -2.38. The van der Waals surface area contributed by atoms with E-state index < -0.39 is 0 Å². The number of benzene rings is 1. The first-order chi connectivity index (χ1) is 8.11. The number of rotatable bonds is 0. The van der Waals surface area contributed by atoms with E-state index in [1.165, 1.54) is 0 Å². The maximum atomic E-state index is 12.2. The average molecular weight is 295 g/mol. The molecule has 0 N–H and O–H groups in total. The van der Waals surface area contributed by atoms with Crippen molar-refractivity contribution < 1.29 is 9.53 Å². The number of ketones is 1. The van der Waals surface area contributed by atoms with E-state index in [-0.39, 0.29) is 11.4 Å². The predicted octanol–water partition coefficient (Wildman–Crippen LogP) is 3.97. The van der Waals surface area contributed by atoms with E-state index in [4.69, 9.17) is 4.74 Å². The third kappa shape index (κ3) is 1.71. The third-order valence-electron chi connectivity index (χ3n) is 4.15. The maximum absolute atomic E-state index is 12.2. The zero-order valence-electron chi connectivity index (χ0n) is 9.83. The lowest BCUT2D eigenvalue weighted by atomic mass is 9.83. The van der Waals surface area contributed by atoms with Crippen LogP contribution < -0.4 is 4.74 Å². The topological polar surface area (TPSA) is 26.3 Å². The summed E-state index contributed by atoms with van der Waals surface area (Å²) in [6, 6.07) is 5.67. The highest BCUT2D eigenvalue weighted by molar-refractivity contribution is 9.10. The fourth-order valence-corrected chi connectivity index (χ4v) is 3.40. The van der Waals surface area contributed by atoms with Gasteiger partial charge < -0.3 is 4.74 Å². The Morgan fingerprint density at radius 3 is 3.00 bits per heavy atom. The average Bonchev–Trinajstić information content (AvgIpc) is 2.59. The summed E-state index contributed by atoms with van der Waals surface area (Å²) >= 11 is 3.43. The molecule has 3 heteroatoms. The fraction of sp³-hybridized carbons (Fsp3) is 0.500. The van der Waals surface area contributed by atoms with Gasteiger partial charge in [-0.2, -0.15) is 0 Å². The fourth-order valence-electron chi connectivity index (χ4n) is 3.06. The number of Topliss-reactive ketones (excluding diaryl/α,β-unsaturated/α-hetero) is 1. The Morgan fingerprint density at radius 2 is 2.29 bits per heavy atom. The van der Waals surface area contributed by atoms with Gasteiger partial charge in [0.25, 0.3) is 0 Å². The summed E-state index contributed by atoms with van der Waals surface area (Å²) in [5, 5.41) is 0. The molecule has 17 heavy (non-hydrogen) atoms. The SMILES string of the molecule is CC1CCCC12CC(=O)c1ccc(Br)cc1O2. The van der Waals surface area contributed by atoms with Crippen molar-refractivity contribution in [1.29, 1.82) is 0 Å². The zero-order valence-corrected chi connectivity index (χ0v) is 11.4. The van der Waals surface area contributed by atoms with Crippen LogP contribution in [-0.2, 0) is 0 Å². The summed E-state index contributed by atoms with van der Waals surface area (Å²) in [4.78, 5) is 12.2. The summed E-state index contributed by atoms with van der Waals surface area (Å²) in [6.07, 6.45) is 3.88. The number of ether oxygens (including phenoxy) is 1. The van der Waals surface area contributed by atoms with Gasteiger partial charge >= 0.3 is 0 Å². The number of hydrogen-bond acceptors (Lipinski definition) is 2. The second-order valence-electron chi connectivity index (χ2n) is 5.20. The lowest BCUT2D eigenvalue weighted by Crippen LogP contribution is -2.44. The Balaban J connectivity index is 2.05. The van der Waals surface area contributed by atoms with Gasteiger partial charge in [0.2, 0.25) is 0 Å². The molecule has 1 aliphatic heterocycles. The van der Waals surface area contributed by atoms with Crippen LogP contribution >= 0.6 is 15.9 Å². The van der Waals surface area contributed by atoms with Crippen LogP contribution in [0.15, 0.2) is 22.7 Å². The molecule has 2 aliphatic rings. The second kappa shape index (κ2) is 3.84. The molecule has 0 bridgehead atoms. The number of fused-ring (bicyclic) bond motifs is 1. The molecule has 3 rings (SSSR count). The molecule has 1 spiro atoms. The van der Waals surface area contributed by atoms with Crippen LogP contribution in [0.4, 0.5) is 0 Å². The van der Waals surface area contributed by atoms with Gasteiger partial charge in [-0.05, 0) is 43.4 Å². The number of carbonyl (C=O) groups is 1. The predicted molar refractivity (Wildman–Crippen MR) is 69.5 cm³/mol. The molecular weight excluding hydrogens is 280 g/mol. The molecule has 1 aromatic rings. The Hall–Kier alpha value is -0.830. The van der Waals surface area contributed by atoms with Crippen LogP contribution in [0.1, 0.15) is 43.0 Å². The molecule has 2 unspecified atom stereocenters. The van der Waals surface area contributed by atoms with E-state index in [1.54, 1.807) is 0 Å². The van der Waals surface area contributed by atoms with Crippen molar-refractivity contribution in [2.75, 3.05) is 0 Å². The highest BCUT2D eigenvalue weighted by Gasteiger charge is 2.47. The van der Waals surface area contributed by atoms with Crippen molar-refractivity contribution in [2.24, 2.45) is 5.92 Å². The normalized spacial score (nSPS) is 31.4. The Morgan fingerprint density at radius 1 is 1.47 bits per heavy atom. The van der Waals surface area contributed by atoms with Crippen LogP contribution in [0, 0.1) is 5.92 Å². The Labute approximate surface area is 109 Å². The van der Waals surface area contributed by atoms with Crippen molar-refractivity contribution in [2.45, 2.75) is 38.2 Å². The van der Waals surface area contributed by atoms with Crippen LogP contribution in [0.25, 0.3) is 0 Å². The zero-order chi connectivity index (χ0) is 12.0. The van der Waals surface area contributed by atoms with Gasteiger partial charge in [0.05, 0.1) is 12.0 Å². The summed E-state index contributed by atoms with van der Waals surface area (Å²) in [7, 11) is 0. The third-order valence-corrected chi connectivity index (χ3v) is 4.65. The first-order valence-corrected chi connectivity index (χ1v) is 6.92. The van der Waals surface area contributed by atoms with E-state index in [0.29, 0.717) is 12.3 Å². The van der Waals surface area contributed by atoms with E-state index in [0.717, 1.165) is 35.0 Å². The first-order valence-electron chi connectivity index (χ1n) is 6.12. The van der Waals surface area contributed by atoms with Gasteiger partial charge in [-0.15, -0.1) is 0 Å². The molecule has 1 saturated carbocycles. The van der Waals surface area contributed by atoms with Crippen LogP contribution in [0.3, 0.4) is 0 Å². The lowest BCUT2D eigenvalue weighted by molar-refractivity contribution is 0.0178. The molecular formula is C14H15BrO2. The highest BCUT2D eigenvalue weighted by atomic mass is 79.9. The molecule has 2 nitrogen and oxygen atoms in total. The molecule has 0 saturated heterocycles. The van der Waals surface area contributed by atoms with Gasteiger partial charge in [0.1, 0.15) is 11.4 Å². The minimum atomic E-state index is -0.231. The van der Waals surface area contributed by atoms with E-state index in [2.05, 4.69) is 22.9 Å². The van der Waals surface area contributed by atoms with Crippen LogP contribution in [0.5, 0.6) is 5.75 Å². The van der Waals surface area contributed by atoms with E-state index >= 15 is 0 Å². The molecule has 2 atom stereocenters. The molecule has 90 valence electrons. The van der Waals surface area contributed by atoms with Crippen LogP contribution in [0.2, 0.25) is 0 Å². The van der Waals surface area contributed by atoms with Crippen molar-refractivity contribution in [3.63, 3.8) is 0 Å². The van der Waals surface area contributed by atoms with E-state index in [1.807, 2.05) is 18.2 Å². The molecule has 0 aromatic heterocycles. The van der Waals surface area contributed by atoms with E-state index in [9.17, 15) is 4.79 Å². The molecule has 1 aromatic carbocycles. The number of carbonyl (C=O) groups excluding carboxylic acids is 1. The molecule has 0 amide bonds. The molecule has 1 fully saturated rings. The van der Waals surface area contributed by atoms with Gasteiger partial charge in [-0.3, -0.25) is 4.79 Å². The first kappa shape index (κ1) is 11.3. The molecule has 0 radical (unpaired) electrons. The van der Waals surface area contributed by atoms with Crippen molar-refractivity contribution >= 4 is 21.7 Å². The van der Waals surface area contributed by atoms with Crippen molar-refractivity contribution in [3.8, 4) is 5.75 Å². The summed E-state index contributed by atoms with van der Waals surface area (Å²) in [6.45, 7) is 2.20. The quantitative estimate of drug-likeness (QED) is 0.724. The molecule has 1 aliphatic carbocycles. The Bertz CT molecular complexity index is 483. The van der Waals surface area contributed by atoms with Gasteiger partial charge in [0, 0.05) is 4.47 Å². The van der Waals surface area contributed by atoms with Crippen molar-refractivity contribution in [3.05, 3.63) is 28.2 Å². The minimum absolute atomic E-state index is 0.229. The monoisotopic (exact) mass is 294 g/mol. The van der Waals surface area contributed by atoms with Gasteiger partial charge in [-0.1, -0.05) is 22.9 Å². The van der Waals surface area contributed by atoms with Gasteiger partial charge in [-0.25, -0.2) is 0 Å². The number of hydrogen-bond donors (Lipinski definition) is 0. The standard InChI is InChI=1S/C14H15BrO2/c1-9-3-2-6-14(9)8-12(16)11-5-4-10(15)7-13(11)17-14/h4-5,7,9H,2-3,6,8H2,1H3. The summed E-state index contributed by atoms with van der Waals surface area (Å²) < 4.78 is 7.16. The highest BCUT2D eigenvalue weighted by Crippen LogP contribution is 2.46.